The number of allylic oxidation sites excluding steroid dienone is 1. The zero-order chi connectivity index (χ0) is 26.3. The van der Waals surface area contributed by atoms with E-state index in [1.807, 2.05) is 13.0 Å². The van der Waals surface area contributed by atoms with Crippen molar-refractivity contribution in [2.45, 2.75) is 31.1 Å². The van der Waals surface area contributed by atoms with Crippen LogP contribution in [-0.2, 0) is 10.0 Å². The Morgan fingerprint density at radius 2 is 1.89 bits per heavy atom. The third-order valence-electron chi connectivity index (χ3n) is 5.14. The molecule has 194 valence electrons. The standard InChI is InChI=1S/C22H18ClF3N2O3S2.C2H7N/c23-18-8-21(33(29,30)28-22-11-32-12-27-22)19(26)9-20(18)31-10-13-3-1-2-4-17(13)14-5-15(24)7-16(25)6-14;1-2-3/h4-9,11-13,28H,1-3,10H2;2-3H2,1H3. The summed E-state index contributed by atoms with van der Waals surface area (Å²) < 4.78 is 75.0. The Morgan fingerprint density at radius 1 is 1.19 bits per heavy atom. The van der Waals surface area contributed by atoms with Crippen molar-refractivity contribution in [1.82, 2.24) is 4.98 Å². The second-order valence-corrected chi connectivity index (χ2v) is 10.6. The monoisotopic (exact) mass is 559 g/mol. The number of thiazole rings is 1. The summed E-state index contributed by atoms with van der Waals surface area (Å²) >= 11 is 7.37. The molecule has 36 heavy (non-hydrogen) atoms. The summed E-state index contributed by atoms with van der Waals surface area (Å²) in [4.78, 5) is 3.18. The lowest BCUT2D eigenvalue weighted by Gasteiger charge is -2.25. The number of nitrogens with zero attached hydrogens (tertiary/aromatic N) is 1. The van der Waals surface area contributed by atoms with Crippen LogP contribution in [-0.4, -0.2) is 26.6 Å². The number of nitrogens with two attached hydrogens (primary N) is 1. The summed E-state index contributed by atoms with van der Waals surface area (Å²) in [6.07, 6.45) is 4.23. The molecule has 1 aliphatic carbocycles. The molecule has 0 saturated carbocycles. The van der Waals surface area contributed by atoms with Gasteiger partial charge in [0.1, 0.15) is 28.1 Å². The molecule has 3 N–H and O–H groups in total. The Kier molecular flexibility index (Phi) is 9.77. The van der Waals surface area contributed by atoms with Gasteiger partial charge < -0.3 is 10.5 Å². The van der Waals surface area contributed by atoms with Crippen molar-refractivity contribution in [3.05, 3.63) is 75.3 Å². The smallest absolute Gasteiger partial charge is 0.266 e. The number of ether oxygens (including phenoxy) is 1. The normalized spacial score (nSPS) is 15.5. The van der Waals surface area contributed by atoms with Crippen molar-refractivity contribution in [2.24, 2.45) is 11.7 Å². The van der Waals surface area contributed by atoms with Gasteiger partial charge in [-0.3, -0.25) is 4.72 Å². The summed E-state index contributed by atoms with van der Waals surface area (Å²) in [5, 5.41) is 1.38. The van der Waals surface area contributed by atoms with E-state index in [-0.39, 0.29) is 29.1 Å². The predicted octanol–water partition coefficient (Wildman–Crippen LogP) is 6.24. The molecule has 12 heteroatoms. The quantitative estimate of drug-likeness (QED) is 0.357. The van der Waals surface area contributed by atoms with Crippen LogP contribution < -0.4 is 15.2 Å². The van der Waals surface area contributed by atoms with E-state index in [4.69, 9.17) is 22.1 Å². The predicted molar refractivity (Wildman–Crippen MR) is 136 cm³/mol. The van der Waals surface area contributed by atoms with Crippen LogP contribution in [0.15, 0.2) is 52.2 Å². The number of nitrogens with one attached hydrogen (secondary N) is 1. The second-order valence-electron chi connectivity index (χ2n) is 7.86. The van der Waals surface area contributed by atoms with E-state index in [0.29, 0.717) is 12.0 Å². The van der Waals surface area contributed by atoms with Gasteiger partial charge in [-0.2, -0.15) is 0 Å². The maximum absolute atomic E-state index is 14.7. The van der Waals surface area contributed by atoms with Crippen LogP contribution >= 0.6 is 22.9 Å². The number of hydrogen-bond donors (Lipinski definition) is 2. The molecule has 0 saturated heterocycles. The Bertz CT molecular complexity index is 1300. The lowest BCUT2D eigenvalue weighted by atomic mass is 9.84. The van der Waals surface area contributed by atoms with Crippen molar-refractivity contribution in [1.29, 1.82) is 0 Å². The first-order valence-electron chi connectivity index (χ1n) is 11.0. The fraction of sp³-hybridized carbons (Fsp3) is 0.292. The highest BCUT2D eigenvalue weighted by Crippen LogP contribution is 2.36. The van der Waals surface area contributed by atoms with Crippen LogP contribution in [0.3, 0.4) is 0 Å². The van der Waals surface area contributed by atoms with Crippen molar-refractivity contribution < 1.29 is 26.3 Å². The zero-order valence-corrected chi connectivity index (χ0v) is 21.7. The van der Waals surface area contributed by atoms with Gasteiger partial charge in [0.05, 0.1) is 17.1 Å². The van der Waals surface area contributed by atoms with Gasteiger partial charge >= 0.3 is 0 Å². The number of aromatic nitrogens is 1. The van der Waals surface area contributed by atoms with Gasteiger partial charge in [-0.05, 0) is 55.1 Å². The van der Waals surface area contributed by atoms with Crippen molar-refractivity contribution in [3.63, 3.8) is 0 Å². The molecule has 6 nitrogen and oxygen atoms in total. The van der Waals surface area contributed by atoms with Crippen LogP contribution in [0.5, 0.6) is 5.75 Å². The minimum absolute atomic E-state index is 0.0304. The second kappa shape index (κ2) is 12.6. The first-order valence-corrected chi connectivity index (χ1v) is 13.8. The van der Waals surface area contributed by atoms with Gasteiger partial charge in [-0.15, -0.1) is 11.3 Å². The third kappa shape index (κ3) is 7.22. The molecule has 0 aliphatic heterocycles. The van der Waals surface area contributed by atoms with Gasteiger partial charge in [0.15, 0.2) is 5.82 Å². The minimum atomic E-state index is -4.24. The van der Waals surface area contributed by atoms with Crippen LogP contribution in [0.25, 0.3) is 5.57 Å². The van der Waals surface area contributed by atoms with E-state index >= 15 is 0 Å². The lowest BCUT2D eigenvalue weighted by molar-refractivity contribution is 0.267. The molecule has 1 atom stereocenters. The number of benzene rings is 2. The molecule has 0 spiro atoms. The van der Waals surface area contributed by atoms with Crippen LogP contribution in [0.2, 0.25) is 5.02 Å². The molecule has 0 bridgehead atoms. The average Bonchev–Trinajstić information content (AvgIpc) is 3.31. The van der Waals surface area contributed by atoms with Crippen molar-refractivity contribution in [2.75, 3.05) is 17.9 Å². The number of anilines is 1. The maximum Gasteiger partial charge on any atom is 0.266 e. The lowest BCUT2D eigenvalue weighted by Crippen LogP contribution is -2.18. The fourth-order valence-electron chi connectivity index (χ4n) is 3.66. The summed E-state index contributed by atoms with van der Waals surface area (Å²) in [6.45, 7) is 2.73. The molecule has 3 aromatic rings. The average molecular weight is 560 g/mol. The highest BCUT2D eigenvalue weighted by atomic mass is 35.5. The topological polar surface area (TPSA) is 94.3 Å². The maximum atomic E-state index is 14.7. The molecular formula is C24H25ClF3N3O3S2. The number of hydrogen-bond acceptors (Lipinski definition) is 6. The van der Waals surface area contributed by atoms with Crippen LogP contribution in [0, 0.1) is 23.4 Å². The summed E-state index contributed by atoms with van der Waals surface area (Å²) in [5.41, 5.74) is 7.44. The summed E-state index contributed by atoms with van der Waals surface area (Å²) in [6, 6.07) is 5.20. The summed E-state index contributed by atoms with van der Waals surface area (Å²) in [7, 11) is -4.24. The molecule has 0 radical (unpaired) electrons. The first kappa shape index (κ1) is 28.0. The Labute approximate surface area is 217 Å². The zero-order valence-electron chi connectivity index (χ0n) is 19.3. The Morgan fingerprint density at radius 3 is 2.53 bits per heavy atom. The number of sulfonamides is 1. The molecule has 1 unspecified atom stereocenters. The van der Waals surface area contributed by atoms with E-state index in [2.05, 4.69) is 9.71 Å². The molecular weight excluding hydrogens is 535 g/mol. The van der Waals surface area contributed by atoms with Crippen LogP contribution in [0.4, 0.5) is 19.0 Å². The van der Waals surface area contributed by atoms with E-state index in [1.54, 1.807) is 0 Å². The van der Waals surface area contributed by atoms with Gasteiger partial charge in [-0.1, -0.05) is 24.6 Å². The minimum Gasteiger partial charge on any atom is -0.491 e. The number of rotatable bonds is 7. The SMILES string of the molecule is CCN.O=S(=O)(Nc1cscn1)c1cc(Cl)c(OCC2CCCC=C2c2cc(F)cc(F)c2)cc1F. The van der Waals surface area contributed by atoms with E-state index in [0.717, 1.165) is 43.2 Å². The van der Waals surface area contributed by atoms with Crippen molar-refractivity contribution in [3.8, 4) is 5.75 Å². The van der Waals surface area contributed by atoms with E-state index in [1.165, 1.54) is 34.4 Å². The largest absolute Gasteiger partial charge is 0.491 e. The third-order valence-corrected chi connectivity index (χ3v) is 7.40. The first-order chi connectivity index (χ1) is 17.1. The highest BCUT2D eigenvalue weighted by molar-refractivity contribution is 7.92. The Balaban J connectivity index is 0.00000115. The molecule has 4 rings (SSSR count). The van der Waals surface area contributed by atoms with Gasteiger partial charge in [0, 0.05) is 23.4 Å². The molecule has 0 amide bonds. The molecule has 1 heterocycles. The Hall–Kier alpha value is -2.60. The molecule has 0 fully saturated rings. The molecule has 1 aromatic heterocycles. The van der Waals surface area contributed by atoms with Crippen molar-refractivity contribution >= 4 is 44.4 Å². The van der Waals surface area contributed by atoms with Gasteiger partial charge in [0.25, 0.3) is 10.0 Å². The van der Waals surface area contributed by atoms with Crippen LogP contribution in [0.1, 0.15) is 31.7 Å². The van der Waals surface area contributed by atoms with Gasteiger partial charge in [0.2, 0.25) is 0 Å². The van der Waals surface area contributed by atoms with Gasteiger partial charge in [-0.25, -0.2) is 26.6 Å². The fourth-order valence-corrected chi connectivity index (χ4v) is 5.59. The number of halogens is 4. The summed E-state index contributed by atoms with van der Waals surface area (Å²) in [5.74, 6) is -2.55. The molecule has 2 aromatic carbocycles. The highest BCUT2D eigenvalue weighted by Gasteiger charge is 2.25. The molecule has 1 aliphatic rings. The van der Waals surface area contributed by atoms with E-state index < -0.39 is 32.4 Å². The van der Waals surface area contributed by atoms with E-state index in [9.17, 15) is 21.6 Å².